The third kappa shape index (κ3) is 4.05. The van der Waals surface area contributed by atoms with Crippen LogP contribution >= 0.6 is 11.8 Å². The van der Waals surface area contributed by atoms with Crippen molar-refractivity contribution >= 4 is 23.4 Å². The number of furan rings is 1. The highest BCUT2D eigenvalue weighted by Gasteiger charge is 2.13. The Morgan fingerprint density at radius 3 is 2.85 bits per heavy atom. The van der Waals surface area contributed by atoms with E-state index in [0.29, 0.717) is 33.5 Å². The minimum Gasteiger partial charge on any atom is -0.495 e. The Hall–Kier alpha value is -3.24. The summed E-state index contributed by atoms with van der Waals surface area (Å²) in [6, 6.07) is 16.2. The van der Waals surface area contributed by atoms with E-state index in [0.717, 1.165) is 0 Å². The van der Waals surface area contributed by atoms with Crippen LogP contribution in [-0.4, -0.2) is 23.8 Å². The van der Waals surface area contributed by atoms with E-state index in [4.69, 9.17) is 9.15 Å². The lowest BCUT2D eigenvalue weighted by Gasteiger charge is -2.10. The SMILES string of the molecule is COc1ccccc1NC(=O)CSc1nc(-c2ccco2)ccc1C#N. The second-order valence-corrected chi connectivity index (χ2v) is 6.14. The molecule has 1 amide bonds. The van der Waals surface area contributed by atoms with Gasteiger partial charge in [-0.2, -0.15) is 5.26 Å². The average Bonchev–Trinajstić information content (AvgIpc) is 3.21. The molecule has 3 rings (SSSR count). The first-order chi connectivity index (χ1) is 12.7. The first-order valence-electron chi connectivity index (χ1n) is 7.72. The molecule has 0 saturated heterocycles. The summed E-state index contributed by atoms with van der Waals surface area (Å²) in [4.78, 5) is 16.7. The molecular formula is C19H15N3O3S. The van der Waals surface area contributed by atoms with Gasteiger partial charge in [0.25, 0.3) is 0 Å². The van der Waals surface area contributed by atoms with Crippen LogP contribution < -0.4 is 10.1 Å². The second kappa shape index (κ2) is 8.23. The molecule has 0 unspecified atom stereocenters. The molecule has 1 N–H and O–H groups in total. The molecule has 1 aromatic carbocycles. The standard InChI is InChI=1S/C19H15N3O3S/c1-24-16-6-3-2-5-14(16)21-18(23)12-26-19-13(11-20)8-9-15(22-19)17-7-4-10-25-17/h2-10H,12H2,1H3,(H,21,23). The summed E-state index contributed by atoms with van der Waals surface area (Å²) in [6.45, 7) is 0. The minimum atomic E-state index is -0.214. The van der Waals surface area contributed by atoms with Crippen LogP contribution in [0.4, 0.5) is 5.69 Å². The van der Waals surface area contributed by atoms with E-state index < -0.39 is 0 Å². The van der Waals surface area contributed by atoms with Crippen molar-refractivity contribution in [2.24, 2.45) is 0 Å². The van der Waals surface area contributed by atoms with Crippen molar-refractivity contribution in [3.63, 3.8) is 0 Å². The Labute approximate surface area is 154 Å². The van der Waals surface area contributed by atoms with E-state index in [9.17, 15) is 10.1 Å². The van der Waals surface area contributed by atoms with Gasteiger partial charge in [0, 0.05) is 0 Å². The molecule has 7 heteroatoms. The van der Waals surface area contributed by atoms with Crippen LogP contribution in [0.1, 0.15) is 5.56 Å². The van der Waals surface area contributed by atoms with E-state index >= 15 is 0 Å². The Morgan fingerprint density at radius 1 is 1.27 bits per heavy atom. The molecule has 0 atom stereocenters. The number of pyridine rings is 1. The summed E-state index contributed by atoms with van der Waals surface area (Å²) in [6.07, 6.45) is 1.56. The van der Waals surface area contributed by atoms with Crippen molar-refractivity contribution in [1.29, 1.82) is 5.26 Å². The lowest BCUT2D eigenvalue weighted by molar-refractivity contribution is -0.113. The molecule has 0 saturated carbocycles. The maximum absolute atomic E-state index is 12.3. The van der Waals surface area contributed by atoms with E-state index in [-0.39, 0.29) is 11.7 Å². The number of thioether (sulfide) groups is 1. The number of hydrogen-bond acceptors (Lipinski definition) is 6. The Morgan fingerprint density at radius 2 is 2.12 bits per heavy atom. The third-order valence-corrected chi connectivity index (χ3v) is 4.47. The Kier molecular flexibility index (Phi) is 5.56. The molecular weight excluding hydrogens is 350 g/mol. The van der Waals surface area contributed by atoms with Crippen LogP contribution in [0.5, 0.6) is 5.75 Å². The fourth-order valence-electron chi connectivity index (χ4n) is 2.27. The summed E-state index contributed by atoms with van der Waals surface area (Å²) < 4.78 is 10.5. The molecule has 2 aromatic heterocycles. The summed E-state index contributed by atoms with van der Waals surface area (Å²) in [5.74, 6) is 1.09. The molecule has 0 aliphatic rings. The zero-order valence-electron chi connectivity index (χ0n) is 13.9. The van der Waals surface area contributed by atoms with Gasteiger partial charge in [-0.15, -0.1) is 0 Å². The van der Waals surface area contributed by atoms with Crippen molar-refractivity contribution in [3.8, 4) is 23.3 Å². The molecule has 26 heavy (non-hydrogen) atoms. The van der Waals surface area contributed by atoms with Crippen LogP contribution in [0.25, 0.3) is 11.5 Å². The fourth-order valence-corrected chi connectivity index (χ4v) is 3.04. The highest BCUT2D eigenvalue weighted by molar-refractivity contribution is 8.00. The van der Waals surface area contributed by atoms with Gasteiger partial charge in [-0.1, -0.05) is 23.9 Å². The number of amides is 1. The number of carbonyl (C=O) groups is 1. The predicted molar refractivity (Wildman–Crippen MR) is 99.0 cm³/mol. The largest absolute Gasteiger partial charge is 0.495 e. The molecule has 3 aromatic rings. The van der Waals surface area contributed by atoms with Gasteiger partial charge in [-0.05, 0) is 36.4 Å². The summed E-state index contributed by atoms with van der Waals surface area (Å²) >= 11 is 1.20. The number of hydrogen-bond donors (Lipinski definition) is 1. The van der Waals surface area contributed by atoms with Crippen LogP contribution in [0.2, 0.25) is 0 Å². The van der Waals surface area contributed by atoms with Crippen LogP contribution in [0.3, 0.4) is 0 Å². The second-order valence-electron chi connectivity index (χ2n) is 5.18. The number of nitrogens with zero attached hydrogens (tertiary/aromatic N) is 2. The van der Waals surface area contributed by atoms with Gasteiger partial charge < -0.3 is 14.5 Å². The number of aromatic nitrogens is 1. The molecule has 0 fully saturated rings. The highest BCUT2D eigenvalue weighted by atomic mass is 32.2. The Balaban J connectivity index is 1.71. The Bertz CT molecular complexity index is 949. The van der Waals surface area contributed by atoms with Gasteiger partial charge >= 0.3 is 0 Å². The first-order valence-corrected chi connectivity index (χ1v) is 8.70. The quantitative estimate of drug-likeness (QED) is 0.665. The molecule has 2 heterocycles. The van der Waals surface area contributed by atoms with Crippen molar-refractivity contribution in [2.75, 3.05) is 18.2 Å². The van der Waals surface area contributed by atoms with Crippen molar-refractivity contribution in [2.45, 2.75) is 5.03 Å². The number of para-hydroxylation sites is 2. The molecule has 0 spiro atoms. The smallest absolute Gasteiger partial charge is 0.234 e. The maximum Gasteiger partial charge on any atom is 0.234 e. The summed E-state index contributed by atoms with van der Waals surface area (Å²) in [5, 5.41) is 12.5. The van der Waals surface area contributed by atoms with E-state index in [1.807, 2.05) is 12.1 Å². The van der Waals surface area contributed by atoms with E-state index in [1.54, 1.807) is 49.8 Å². The van der Waals surface area contributed by atoms with Crippen LogP contribution in [0, 0.1) is 11.3 Å². The lowest BCUT2D eigenvalue weighted by Crippen LogP contribution is -2.15. The average molecular weight is 365 g/mol. The van der Waals surface area contributed by atoms with Gasteiger partial charge in [-0.25, -0.2) is 4.98 Å². The molecule has 0 aliphatic heterocycles. The van der Waals surface area contributed by atoms with E-state index in [1.165, 1.54) is 11.8 Å². The lowest BCUT2D eigenvalue weighted by atomic mass is 10.2. The summed E-state index contributed by atoms with van der Waals surface area (Å²) in [5.41, 5.74) is 1.62. The number of benzene rings is 1. The molecule has 6 nitrogen and oxygen atoms in total. The molecule has 0 bridgehead atoms. The number of methoxy groups -OCH3 is 1. The molecule has 130 valence electrons. The van der Waals surface area contributed by atoms with Gasteiger partial charge in [0.05, 0.1) is 30.4 Å². The first kappa shape index (κ1) is 17.6. The predicted octanol–water partition coefficient (Wildman–Crippen LogP) is 3.95. The number of nitriles is 1. The van der Waals surface area contributed by atoms with Gasteiger partial charge in [0.2, 0.25) is 5.91 Å². The van der Waals surface area contributed by atoms with Gasteiger partial charge in [0.1, 0.15) is 22.5 Å². The number of nitrogens with one attached hydrogen (secondary N) is 1. The zero-order valence-corrected chi connectivity index (χ0v) is 14.7. The normalized spacial score (nSPS) is 10.2. The minimum absolute atomic E-state index is 0.112. The summed E-state index contributed by atoms with van der Waals surface area (Å²) in [7, 11) is 1.54. The monoisotopic (exact) mass is 365 g/mol. The fraction of sp³-hybridized carbons (Fsp3) is 0.105. The number of anilines is 1. The topological polar surface area (TPSA) is 88.2 Å². The van der Waals surface area contributed by atoms with Crippen molar-refractivity contribution in [3.05, 3.63) is 60.4 Å². The van der Waals surface area contributed by atoms with Crippen LogP contribution in [-0.2, 0) is 4.79 Å². The maximum atomic E-state index is 12.3. The highest BCUT2D eigenvalue weighted by Crippen LogP contribution is 2.27. The third-order valence-electron chi connectivity index (χ3n) is 3.48. The number of ether oxygens (including phenoxy) is 1. The van der Waals surface area contributed by atoms with Crippen molar-refractivity contribution in [1.82, 2.24) is 4.98 Å². The van der Waals surface area contributed by atoms with Gasteiger partial charge in [-0.3, -0.25) is 4.79 Å². The molecule has 0 radical (unpaired) electrons. The van der Waals surface area contributed by atoms with Crippen LogP contribution in [0.15, 0.2) is 64.2 Å². The van der Waals surface area contributed by atoms with Crippen molar-refractivity contribution < 1.29 is 13.9 Å². The molecule has 0 aliphatic carbocycles. The number of carbonyl (C=O) groups excluding carboxylic acids is 1. The number of rotatable bonds is 6. The van der Waals surface area contributed by atoms with Gasteiger partial charge in [0.15, 0.2) is 5.76 Å². The van der Waals surface area contributed by atoms with E-state index in [2.05, 4.69) is 16.4 Å². The zero-order chi connectivity index (χ0) is 18.4.